The van der Waals surface area contributed by atoms with E-state index >= 15 is 0 Å². The maximum atomic E-state index is 12.6. The van der Waals surface area contributed by atoms with Crippen LogP contribution in [0.15, 0.2) is 12.1 Å². The molecule has 5 nitrogen and oxygen atoms in total. The molecule has 0 saturated heterocycles. The smallest absolute Gasteiger partial charge is 0.200 e. The molecule has 0 radical (unpaired) electrons. The number of fused-ring (bicyclic) bond motifs is 2. The van der Waals surface area contributed by atoms with Gasteiger partial charge in [-0.05, 0) is 19.1 Å². The van der Waals surface area contributed by atoms with E-state index in [1.807, 2.05) is 26.8 Å². The van der Waals surface area contributed by atoms with E-state index in [0.29, 0.717) is 28.0 Å². The Labute approximate surface area is 133 Å². The largest absolute Gasteiger partial charge is 0.507 e. The van der Waals surface area contributed by atoms with Crippen LogP contribution >= 0.6 is 0 Å². The molecule has 2 atom stereocenters. The van der Waals surface area contributed by atoms with Gasteiger partial charge in [-0.3, -0.25) is 4.79 Å². The Morgan fingerprint density at radius 1 is 1.30 bits per heavy atom. The predicted molar refractivity (Wildman–Crippen MR) is 84.6 cm³/mol. The van der Waals surface area contributed by atoms with Crippen molar-refractivity contribution < 1.29 is 24.5 Å². The number of hydrogen-bond acceptors (Lipinski definition) is 5. The van der Waals surface area contributed by atoms with Crippen molar-refractivity contribution >= 4 is 16.6 Å². The van der Waals surface area contributed by atoms with Gasteiger partial charge in [0.25, 0.3) is 0 Å². The number of aromatic hydroxyl groups is 1. The lowest BCUT2D eigenvalue weighted by molar-refractivity contribution is 0.0759. The molecule has 0 fully saturated rings. The molecule has 1 unspecified atom stereocenters. The van der Waals surface area contributed by atoms with E-state index in [9.17, 15) is 15.0 Å². The minimum Gasteiger partial charge on any atom is -0.507 e. The molecule has 1 aliphatic carbocycles. The first-order chi connectivity index (χ1) is 10.8. The third kappa shape index (κ3) is 1.48. The lowest BCUT2D eigenvalue weighted by Gasteiger charge is -2.23. The number of benzene rings is 2. The number of phenols is 1. The molecule has 4 rings (SSSR count). The quantitative estimate of drug-likeness (QED) is 0.846. The molecule has 0 saturated carbocycles. The van der Waals surface area contributed by atoms with Gasteiger partial charge in [-0.25, -0.2) is 0 Å². The molecule has 2 aliphatic rings. The number of ketones is 1. The van der Waals surface area contributed by atoms with Crippen molar-refractivity contribution in [1.82, 2.24) is 0 Å². The molecule has 0 aromatic heterocycles. The van der Waals surface area contributed by atoms with Crippen LogP contribution in [0.5, 0.6) is 17.2 Å². The van der Waals surface area contributed by atoms with E-state index in [0.717, 1.165) is 5.39 Å². The normalized spacial score (nSPS) is 24.0. The summed E-state index contributed by atoms with van der Waals surface area (Å²) in [6.45, 7) is 5.89. The third-order valence-electron chi connectivity index (χ3n) is 5.34. The number of hydrogen-bond donors (Lipinski definition) is 2. The fraction of sp³-hybridized carbons (Fsp3) is 0.389. The Hall–Kier alpha value is -2.27. The van der Waals surface area contributed by atoms with Crippen LogP contribution in [0.1, 0.15) is 48.4 Å². The number of aliphatic hydroxyl groups is 1. The summed E-state index contributed by atoms with van der Waals surface area (Å²) in [6, 6.07) is 3.54. The van der Waals surface area contributed by atoms with E-state index in [1.165, 1.54) is 7.11 Å². The Morgan fingerprint density at radius 2 is 2.00 bits per heavy atom. The molecular formula is C18H18O5. The summed E-state index contributed by atoms with van der Waals surface area (Å²) in [5.74, 6) is 0.439. The predicted octanol–water partition coefficient (Wildman–Crippen LogP) is 2.84. The summed E-state index contributed by atoms with van der Waals surface area (Å²) in [4.78, 5) is 12.6. The highest BCUT2D eigenvalue weighted by Gasteiger charge is 2.47. The second-order valence-corrected chi connectivity index (χ2v) is 6.78. The van der Waals surface area contributed by atoms with Crippen molar-refractivity contribution in [2.45, 2.75) is 38.4 Å². The van der Waals surface area contributed by atoms with Gasteiger partial charge in [-0.1, -0.05) is 13.8 Å². The monoisotopic (exact) mass is 314 g/mol. The highest BCUT2D eigenvalue weighted by Crippen LogP contribution is 2.57. The number of carbonyl (C=O) groups excluding carboxylic acids is 1. The van der Waals surface area contributed by atoms with Crippen LogP contribution in [0, 0.1) is 0 Å². The van der Waals surface area contributed by atoms with Crippen LogP contribution in [0.3, 0.4) is 0 Å². The molecule has 2 aromatic carbocycles. The fourth-order valence-electron chi connectivity index (χ4n) is 3.75. The zero-order valence-electron chi connectivity index (χ0n) is 13.4. The van der Waals surface area contributed by atoms with Crippen molar-refractivity contribution in [3.63, 3.8) is 0 Å². The first-order valence-corrected chi connectivity index (χ1v) is 7.59. The second kappa shape index (κ2) is 4.17. The van der Waals surface area contributed by atoms with Crippen molar-refractivity contribution in [1.29, 1.82) is 0 Å². The summed E-state index contributed by atoms with van der Waals surface area (Å²) in [5.41, 5.74) is 0.777. The highest BCUT2D eigenvalue weighted by molar-refractivity contribution is 6.21. The zero-order chi connectivity index (χ0) is 16.7. The molecule has 1 heterocycles. The topological polar surface area (TPSA) is 76.0 Å². The van der Waals surface area contributed by atoms with Crippen LogP contribution in [-0.4, -0.2) is 29.2 Å². The molecule has 23 heavy (non-hydrogen) atoms. The van der Waals surface area contributed by atoms with Gasteiger partial charge in [-0.2, -0.15) is 0 Å². The Kier molecular flexibility index (Phi) is 2.60. The van der Waals surface area contributed by atoms with Gasteiger partial charge in [-0.15, -0.1) is 0 Å². The lowest BCUT2D eigenvalue weighted by atomic mass is 9.79. The number of Topliss-reactive ketones (excluding diaryl/α,β-unsaturated/α-hetero) is 1. The van der Waals surface area contributed by atoms with Gasteiger partial charge >= 0.3 is 0 Å². The Balaban J connectivity index is 2.22. The second-order valence-electron chi connectivity index (χ2n) is 6.78. The summed E-state index contributed by atoms with van der Waals surface area (Å²) in [6.07, 6.45) is -1.45. The van der Waals surface area contributed by atoms with Crippen molar-refractivity contribution in [3.05, 3.63) is 28.8 Å². The number of rotatable bonds is 1. The molecule has 2 N–H and O–H groups in total. The Bertz CT molecular complexity index is 881. The van der Waals surface area contributed by atoms with Gasteiger partial charge < -0.3 is 19.7 Å². The average Bonchev–Trinajstić information content (AvgIpc) is 2.91. The summed E-state index contributed by atoms with van der Waals surface area (Å²) in [7, 11) is 1.49. The van der Waals surface area contributed by atoms with Gasteiger partial charge in [0.15, 0.2) is 5.78 Å². The van der Waals surface area contributed by atoms with Crippen molar-refractivity contribution in [3.8, 4) is 17.2 Å². The Morgan fingerprint density at radius 3 is 2.65 bits per heavy atom. The van der Waals surface area contributed by atoms with Crippen LogP contribution in [0.25, 0.3) is 10.8 Å². The SMILES string of the molecule is COc1ccc2c3c(c(O)c4c2c1C(O)C4=O)C(C)(C)[C@H](C)O3. The van der Waals surface area contributed by atoms with Crippen molar-refractivity contribution in [2.24, 2.45) is 0 Å². The molecule has 2 aromatic rings. The number of aliphatic hydroxyl groups excluding tert-OH is 1. The average molecular weight is 314 g/mol. The molecule has 120 valence electrons. The van der Waals surface area contributed by atoms with E-state index in [1.54, 1.807) is 6.07 Å². The molecule has 0 bridgehead atoms. The highest BCUT2D eigenvalue weighted by atomic mass is 16.5. The van der Waals surface area contributed by atoms with Crippen LogP contribution < -0.4 is 9.47 Å². The first-order valence-electron chi connectivity index (χ1n) is 7.59. The van der Waals surface area contributed by atoms with Gasteiger partial charge in [0.2, 0.25) is 0 Å². The zero-order valence-corrected chi connectivity index (χ0v) is 13.4. The first kappa shape index (κ1) is 14.3. The van der Waals surface area contributed by atoms with Gasteiger partial charge in [0.1, 0.15) is 29.5 Å². The van der Waals surface area contributed by atoms with Gasteiger partial charge in [0, 0.05) is 27.3 Å². The summed E-state index contributed by atoms with van der Waals surface area (Å²) < 4.78 is 11.3. The van der Waals surface area contributed by atoms with Crippen LogP contribution in [0.4, 0.5) is 0 Å². The molecule has 0 amide bonds. The van der Waals surface area contributed by atoms with Gasteiger partial charge in [0.05, 0.1) is 12.7 Å². The molecule has 0 spiro atoms. The molecular weight excluding hydrogens is 296 g/mol. The lowest BCUT2D eigenvalue weighted by Crippen LogP contribution is -2.29. The maximum Gasteiger partial charge on any atom is 0.200 e. The third-order valence-corrected chi connectivity index (χ3v) is 5.34. The van der Waals surface area contributed by atoms with E-state index in [-0.39, 0.29) is 17.4 Å². The minimum absolute atomic E-state index is 0.0853. The number of phenolic OH excluding ortho intramolecular Hbond substituents is 1. The number of carbonyl (C=O) groups is 1. The fourth-order valence-corrected chi connectivity index (χ4v) is 3.75. The number of ether oxygens (including phenoxy) is 2. The molecule has 1 aliphatic heterocycles. The van der Waals surface area contributed by atoms with E-state index in [2.05, 4.69) is 0 Å². The van der Waals surface area contributed by atoms with E-state index in [4.69, 9.17) is 9.47 Å². The molecule has 5 heteroatoms. The van der Waals surface area contributed by atoms with Crippen LogP contribution in [-0.2, 0) is 5.41 Å². The number of methoxy groups -OCH3 is 1. The standard InChI is InChI=1S/C18H18O5/c1-7-18(2,3)13-14(19)12-10-8(17(13)23-7)5-6-9(22-4)11(10)15(20)16(12)21/h5-7,15,19-20H,1-4H3/t7-,15?/m0/s1. The maximum absolute atomic E-state index is 12.6. The van der Waals surface area contributed by atoms with Crippen LogP contribution in [0.2, 0.25) is 0 Å². The van der Waals surface area contributed by atoms with Crippen molar-refractivity contribution in [2.75, 3.05) is 7.11 Å². The summed E-state index contributed by atoms with van der Waals surface area (Å²) in [5, 5.41) is 22.4. The minimum atomic E-state index is -1.32. The van der Waals surface area contributed by atoms with E-state index < -0.39 is 17.3 Å². The summed E-state index contributed by atoms with van der Waals surface area (Å²) >= 11 is 0.